The van der Waals surface area contributed by atoms with Crippen molar-refractivity contribution in [1.29, 1.82) is 0 Å². The maximum absolute atomic E-state index is 13.3. The average molecular weight is 292 g/mol. The number of rotatable bonds is 3. The van der Waals surface area contributed by atoms with Gasteiger partial charge in [-0.15, -0.1) is 0 Å². The van der Waals surface area contributed by atoms with E-state index in [1.54, 1.807) is 6.08 Å². The van der Waals surface area contributed by atoms with E-state index in [2.05, 4.69) is 10.6 Å². The van der Waals surface area contributed by atoms with Gasteiger partial charge in [-0.2, -0.15) is 0 Å². The number of carbonyl (C=O) groups excluding carboxylic acids is 1. The number of amides is 2. The summed E-state index contributed by atoms with van der Waals surface area (Å²) in [6.07, 6.45) is 2.87. The van der Waals surface area contributed by atoms with E-state index < -0.39 is 17.7 Å². The Morgan fingerprint density at radius 3 is 2.29 bits per heavy atom. The lowest BCUT2D eigenvalue weighted by molar-refractivity contribution is 0.255. The molecule has 0 heterocycles. The van der Waals surface area contributed by atoms with E-state index in [1.165, 1.54) is 30.5 Å². The van der Waals surface area contributed by atoms with Crippen LogP contribution in [0.2, 0.25) is 0 Å². The normalized spacial score (nSPS) is 10.6. The standard InChI is InChI=1S/C15H11F3N2O/c16-11-3-1-10(2-4-11)7-8-19-15(21)20-14-6-5-12(17)9-13(14)18/h1-9H,(H2,19,20,21)/b8-7+. The molecule has 0 aromatic heterocycles. The Kier molecular flexibility index (Phi) is 4.61. The van der Waals surface area contributed by atoms with Crippen LogP contribution in [0.15, 0.2) is 48.7 Å². The fraction of sp³-hybridized carbons (Fsp3) is 0. The quantitative estimate of drug-likeness (QED) is 0.885. The van der Waals surface area contributed by atoms with Crippen molar-refractivity contribution < 1.29 is 18.0 Å². The lowest BCUT2D eigenvalue weighted by Crippen LogP contribution is -2.24. The van der Waals surface area contributed by atoms with Crippen LogP contribution in [-0.4, -0.2) is 6.03 Å². The molecule has 0 aliphatic rings. The molecule has 0 fully saturated rings. The minimum Gasteiger partial charge on any atom is -0.314 e. The predicted molar refractivity (Wildman–Crippen MR) is 73.9 cm³/mol. The van der Waals surface area contributed by atoms with Crippen molar-refractivity contribution in [1.82, 2.24) is 5.32 Å². The molecule has 0 aliphatic carbocycles. The first kappa shape index (κ1) is 14.6. The maximum atomic E-state index is 13.3. The van der Waals surface area contributed by atoms with Crippen LogP contribution in [0.4, 0.5) is 23.7 Å². The zero-order valence-corrected chi connectivity index (χ0v) is 10.7. The van der Waals surface area contributed by atoms with Gasteiger partial charge in [0.15, 0.2) is 0 Å². The highest BCUT2D eigenvalue weighted by atomic mass is 19.1. The van der Waals surface area contributed by atoms with Crippen LogP contribution in [0, 0.1) is 17.5 Å². The molecule has 0 unspecified atom stereocenters. The molecule has 0 bridgehead atoms. The molecule has 2 rings (SSSR count). The van der Waals surface area contributed by atoms with E-state index in [-0.39, 0.29) is 11.5 Å². The Hall–Kier alpha value is -2.76. The van der Waals surface area contributed by atoms with Crippen molar-refractivity contribution in [2.75, 3.05) is 5.32 Å². The van der Waals surface area contributed by atoms with Crippen LogP contribution >= 0.6 is 0 Å². The monoisotopic (exact) mass is 292 g/mol. The van der Waals surface area contributed by atoms with Crippen LogP contribution in [-0.2, 0) is 0 Å². The fourth-order valence-electron chi connectivity index (χ4n) is 1.54. The second-order valence-corrected chi connectivity index (χ2v) is 4.11. The van der Waals surface area contributed by atoms with Crippen molar-refractivity contribution in [2.24, 2.45) is 0 Å². The second-order valence-electron chi connectivity index (χ2n) is 4.11. The Balaban J connectivity index is 1.91. The van der Waals surface area contributed by atoms with E-state index in [0.29, 0.717) is 11.6 Å². The largest absolute Gasteiger partial charge is 0.323 e. The smallest absolute Gasteiger partial charge is 0.314 e. The summed E-state index contributed by atoms with van der Waals surface area (Å²) in [6, 6.07) is 7.78. The number of hydrogen-bond acceptors (Lipinski definition) is 1. The zero-order chi connectivity index (χ0) is 15.2. The van der Waals surface area contributed by atoms with Crippen molar-refractivity contribution in [3.05, 3.63) is 71.7 Å². The molecule has 0 aliphatic heterocycles. The summed E-state index contributed by atoms with van der Waals surface area (Å²) in [5, 5.41) is 4.58. The number of anilines is 1. The summed E-state index contributed by atoms with van der Waals surface area (Å²) in [7, 11) is 0. The van der Waals surface area contributed by atoms with Gasteiger partial charge in [-0.25, -0.2) is 18.0 Å². The summed E-state index contributed by atoms with van der Waals surface area (Å²) in [5.74, 6) is -1.95. The first-order chi connectivity index (χ1) is 10.0. The minimum absolute atomic E-state index is 0.135. The number of nitrogens with one attached hydrogen (secondary N) is 2. The number of urea groups is 1. The van der Waals surface area contributed by atoms with Gasteiger partial charge in [0, 0.05) is 12.3 Å². The maximum Gasteiger partial charge on any atom is 0.323 e. The number of benzene rings is 2. The first-order valence-electron chi connectivity index (χ1n) is 5.99. The van der Waals surface area contributed by atoms with E-state index >= 15 is 0 Å². The van der Waals surface area contributed by atoms with Crippen LogP contribution in [0.1, 0.15) is 5.56 Å². The molecular formula is C15H11F3N2O. The third-order valence-corrected chi connectivity index (χ3v) is 2.54. The van der Waals surface area contributed by atoms with Gasteiger partial charge in [0.1, 0.15) is 17.5 Å². The molecule has 21 heavy (non-hydrogen) atoms. The van der Waals surface area contributed by atoms with E-state index in [4.69, 9.17) is 0 Å². The van der Waals surface area contributed by atoms with Crippen LogP contribution in [0.3, 0.4) is 0 Å². The van der Waals surface area contributed by atoms with E-state index in [0.717, 1.165) is 12.1 Å². The minimum atomic E-state index is -0.868. The summed E-state index contributed by atoms with van der Waals surface area (Å²) in [5.41, 5.74) is 0.550. The summed E-state index contributed by atoms with van der Waals surface area (Å²) in [6.45, 7) is 0. The Morgan fingerprint density at radius 1 is 0.952 bits per heavy atom. The van der Waals surface area contributed by atoms with Gasteiger partial charge < -0.3 is 10.6 Å². The molecule has 2 amide bonds. The fourth-order valence-corrected chi connectivity index (χ4v) is 1.54. The highest BCUT2D eigenvalue weighted by Gasteiger charge is 2.06. The third kappa shape index (κ3) is 4.38. The van der Waals surface area contributed by atoms with Crippen molar-refractivity contribution in [3.8, 4) is 0 Å². The van der Waals surface area contributed by atoms with Crippen LogP contribution in [0.25, 0.3) is 6.08 Å². The molecule has 2 aromatic rings. The second kappa shape index (κ2) is 6.60. The molecule has 3 nitrogen and oxygen atoms in total. The van der Waals surface area contributed by atoms with E-state index in [9.17, 15) is 18.0 Å². The topological polar surface area (TPSA) is 41.1 Å². The Bertz CT molecular complexity index is 669. The third-order valence-electron chi connectivity index (χ3n) is 2.54. The van der Waals surface area contributed by atoms with Crippen LogP contribution in [0.5, 0.6) is 0 Å². The lowest BCUT2D eigenvalue weighted by Gasteiger charge is -2.05. The molecule has 2 N–H and O–H groups in total. The van der Waals surface area contributed by atoms with Gasteiger partial charge in [0.2, 0.25) is 0 Å². The molecular weight excluding hydrogens is 281 g/mol. The number of carbonyl (C=O) groups is 1. The summed E-state index contributed by atoms with van der Waals surface area (Å²) < 4.78 is 38.7. The zero-order valence-electron chi connectivity index (χ0n) is 10.7. The van der Waals surface area contributed by atoms with Gasteiger partial charge in [-0.05, 0) is 35.9 Å². The van der Waals surface area contributed by atoms with Gasteiger partial charge >= 0.3 is 6.03 Å². The van der Waals surface area contributed by atoms with E-state index in [1.807, 2.05) is 0 Å². The highest BCUT2D eigenvalue weighted by Crippen LogP contribution is 2.14. The first-order valence-corrected chi connectivity index (χ1v) is 5.99. The Labute approximate surface area is 119 Å². The lowest BCUT2D eigenvalue weighted by atomic mass is 10.2. The molecule has 2 aromatic carbocycles. The van der Waals surface area contributed by atoms with Gasteiger partial charge in [0.25, 0.3) is 0 Å². The van der Waals surface area contributed by atoms with Gasteiger partial charge in [-0.1, -0.05) is 12.1 Å². The van der Waals surface area contributed by atoms with Crippen LogP contribution < -0.4 is 10.6 Å². The molecule has 0 saturated carbocycles. The molecule has 0 spiro atoms. The number of halogens is 3. The highest BCUT2D eigenvalue weighted by molar-refractivity contribution is 5.90. The molecule has 0 atom stereocenters. The molecule has 0 saturated heterocycles. The van der Waals surface area contributed by atoms with Crippen molar-refractivity contribution >= 4 is 17.8 Å². The SMILES string of the molecule is O=C(N/C=C/c1ccc(F)cc1)Nc1ccc(F)cc1F. The van der Waals surface area contributed by atoms with Gasteiger partial charge in [0.05, 0.1) is 5.69 Å². The summed E-state index contributed by atoms with van der Waals surface area (Å²) in [4.78, 5) is 11.5. The average Bonchev–Trinajstić information content (AvgIpc) is 2.44. The molecule has 108 valence electrons. The Morgan fingerprint density at radius 2 is 1.62 bits per heavy atom. The molecule has 0 radical (unpaired) electrons. The predicted octanol–water partition coefficient (Wildman–Crippen LogP) is 3.90. The van der Waals surface area contributed by atoms with Gasteiger partial charge in [-0.3, -0.25) is 0 Å². The molecule has 6 heteroatoms. The van der Waals surface area contributed by atoms with Crippen molar-refractivity contribution in [3.63, 3.8) is 0 Å². The van der Waals surface area contributed by atoms with Crippen molar-refractivity contribution in [2.45, 2.75) is 0 Å². The number of hydrogen-bond donors (Lipinski definition) is 2. The summed E-state index contributed by atoms with van der Waals surface area (Å²) >= 11 is 0.